The minimum absolute atomic E-state index is 0.0250. The van der Waals surface area contributed by atoms with Gasteiger partial charge in [-0.1, -0.05) is 12.2 Å². The van der Waals surface area contributed by atoms with Crippen molar-refractivity contribution < 1.29 is 13.2 Å². The maximum atomic E-state index is 12.8. The van der Waals surface area contributed by atoms with E-state index in [9.17, 15) is 13.2 Å². The second kappa shape index (κ2) is 6.44. The first kappa shape index (κ1) is 16.4. The van der Waals surface area contributed by atoms with E-state index in [1.165, 1.54) is 6.07 Å². The molecule has 2 rings (SSSR count). The monoisotopic (exact) mass is 334 g/mol. The molecule has 0 amide bonds. The third-order valence-corrected chi connectivity index (χ3v) is 5.00. The van der Waals surface area contributed by atoms with Crippen molar-refractivity contribution >= 4 is 34.7 Å². The van der Waals surface area contributed by atoms with Gasteiger partial charge in [-0.3, -0.25) is 0 Å². The largest absolute Gasteiger partial charge is 0.416 e. The SMILES string of the molecule is CSC1CCC(Nc2ccc(C(F)(F)F)cc2C(N)=S)C1. The topological polar surface area (TPSA) is 38.0 Å². The summed E-state index contributed by atoms with van der Waals surface area (Å²) in [6, 6.07) is 3.76. The van der Waals surface area contributed by atoms with Crippen molar-refractivity contribution in [2.75, 3.05) is 11.6 Å². The van der Waals surface area contributed by atoms with Gasteiger partial charge in [0.2, 0.25) is 0 Å². The Hall–Kier alpha value is -0.950. The van der Waals surface area contributed by atoms with Gasteiger partial charge >= 0.3 is 6.18 Å². The van der Waals surface area contributed by atoms with Gasteiger partial charge in [0.15, 0.2) is 0 Å². The highest BCUT2D eigenvalue weighted by Gasteiger charge is 2.32. The number of hydrogen-bond donors (Lipinski definition) is 2. The summed E-state index contributed by atoms with van der Waals surface area (Å²) in [6.45, 7) is 0. The van der Waals surface area contributed by atoms with Crippen molar-refractivity contribution in [2.45, 2.75) is 36.7 Å². The van der Waals surface area contributed by atoms with Gasteiger partial charge in [0, 0.05) is 22.5 Å². The van der Waals surface area contributed by atoms with Gasteiger partial charge in [0.05, 0.1) is 5.56 Å². The van der Waals surface area contributed by atoms with Crippen LogP contribution in [0.3, 0.4) is 0 Å². The van der Waals surface area contributed by atoms with Crippen molar-refractivity contribution in [2.24, 2.45) is 5.73 Å². The van der Waals surface area contributed by atoms with Gasteiger partial charge in [0.25, 0.3) is 0 Å². The Balaban J connectivity index is 2.21. The standard InChI is InChI=1S/C14H17F3N2S2/c1-21-10-4-3-9(7-10)19-12-5-2-8(14(15,16)17)6-11(12)13(18)20/h2,5-6,9-10,19H,3-4,7H2,1H3,(H2,18,20). The Kier molecular flexibility index (Phi) is 5.03. The molecular weight excluding hydrogens is 317 g/mol. The second-order valence-electron chi connectivity index (χ2n) is 5.13. The van der Waals surface area contributed by atoms with E-state index in [1.54, 1.807) is 0 Å². The third kappa shape index (κ3) is 4.03. The van der Waals surface area contributed by atoms with Gasteiger partial charge in [0.1, 0.15) is 4.99 Å². The van der Waals surface area contributed by atoms with Gasteiger partial charge in [-0.2, -0.15) is 24.9 Å². The molecule has 1 fully saturated rings. The summed E-state index contributed by atoms with van der Waals surface area (Å²) in [6.07, 6.45) is 0.797. The molecule has 2 atom stereocenters. The molecule has 116 valence electrons. The number of rotatable bonds is 4. The minimum atomic E-state index is -4.39. The Morgan fingerprint density at radius 2 is 2.10 bits per heavy atom. The zero-order valence-corrected chi connectivity index (χ0v) is 13.2. The minimum Gasteiger partial charge on any atom is -0.389 e. The van der Waals surface area contributed by atoms with Gasteiger partial charge in [-0.25, -0.2) is 0 Å². The fourth-order valence-electron chi connectivity index (χ4n) is 2.56. The number of alkyl halides is 3. The lowest BCUT2D eigenvalue weighted by Gasteiger charge is -2.18. The maximum absolute atomic E-state index is 12.8. The van der Waals surface area contributed by atoms with E-state index in [2.05, 4.69) is 11.6 Å². The Labute approximate surface area is 131 Å². The molecule has 0 aliphatic heterocycles. The zero-order chi connectivity index (χ0) is 15.6. The predicted octanol–water partition coefficient (Wildman–Crippen LogP) is 4.04. The van der Waals surface area contributed by atoms with E-state index in [-0.39, 0.29) is 16.6 Å². The highest BCUT2D eigenvalue weighted by atomic mass is 32.2. The van der Waals surface area contributed by atoms with Crippen LogP contribution in [-0.2, 0) is 6.18 Å². The van der Waals surface area contributed by atoms with E-state index in [1.807, 2.05) is 11.8 Å². The lowest BCUT2D eigenvalue weighted by Crippen LogP contribution is -2.21. The van der Waals surface area contributed by atoms with Crippen LogP contribution in [0.4, 0.5) is 18.9 Å². The number of benzene rings is 1. The molecule has 1 aliphatic rings. The van der Waals surface area contributed by atoms with Crippen molar-refractivity contribution in [1.82, 2.24) is 0 Å². The van der Waals surface area contributed by atoms with Crippen molar-refractivity contribution in [3.8, 4) is 0 Å². The van der Waals surface area contributed by atoms with Crippen LogP contribution in [0.15, 0.2) is 18.2 Å². The zero-order valence-electron chi connectivity index (χ0n) is 11.5. The Morgan fingerprint density at radius 3 is 2.62 bits per heavy atom. The molecule has 21 heavy (non-hydrogen) atoms. The summed E-state index contributed by atoms with van der Waals surface area (Å²) in [5, 5.41) is 3.89. The molecule has 0 radical (unpaired) electrons. The number of nitrogens with two attached hydrogens (primary N) is 1. The number of halogens is 3. The summed E-state index contributed by atoms with van der Waals surface area (Å²) in [5.74, 6) is 0. The summed E-state index contributed by atoms with van der Waals surface area (Å²) < 4.78 is 38.3. The first-order valence-electron chi connectivity index (χ1n) is 6.61. The second-order valence-corrected chi connectivity index (χ2v) is 6.71. The Bertz CT molecular complexity index is 531. The molecule has 1 aromatic rings. The molecule has 2 nitrogen and oxygen atoms in total. The lowest BCUT2D eigenvalue weighted by molar-refractivity contribution is -0.137. The van der Waals surface area contributed by atoms with Crippen LogP contribution in [0.1, 0.15) is 30.4 Å². The average molecular weight is 334 g/mol. The van der Waals surface area contributed by atoms with Crippen molar-refractivity contribution in [3.05, 3.63) is 29.3 Å². The molecule has 0 heterocycles. The molecule has 2 unspecified atom stereocenters. The molecule has 3 N–H and O–H groups in total. The van der Waals surface area contributed by atoms with Crippen LogP contribution in [0.25, 0.3) is 0 Å². The molecule has 0 bridgehead atoms. The summed E-state index contributed by atoms with van der Waals surface area (Å²) in [5.41, 5.74) is 5.68. The van der Waals surface area contributed by atoms with Gasteiger partial charge in [-0.05, 0) is 43.7 Å². The predicted molar refractivity (Wildman–Crippen MR) is 85.9 cm³/mol. The smallest absolute Gasteiger partial charge is 0.389 e. The fraction of sp³-hybridized carbons (Fsp3) is 0.500. The van der Waals surface area contributed by atoms with Crippen LogP contribution in [-0.4, -0.2) is 22.5 Å². The first-order chi connectivity index (χ1) is 9.81. The van der Waals surface area contributed by atoms with Crippen LogP contribution in [0.5, 0.6) is 0 Å². The average Bonchev–Trinajstić information content (AvgIpc) is 2.85. The van der Waals surface area contributed by atoms with Crippen LogP contribution < -0.4 is 11.1 Å². The molecule has 0 spiro atoms. The van der Waals surface area contributed by atoms with E-state index in [0.29, 0.717) is 10.9 Å². The molecule has 1 aromatic carbocycles. The summed E-state index contributed by atoms with van der Waals surface area (Å²) in [4.78, 5) is -0.0250. The van der Waals surface area contributed by atoms with E-state index in [0.717, 1.165) is 31.4 Å². The molecular formula is C14H17F3N2S2. The van der Waals surface area contributed by atoms with Crippen LogP contribution in [0, 0.1) is 0 Å². The number of thioether (sulfide) groups is 1. The quantitative estimate of drug-likeness (QED) is 0.815. The van der Waals surface area contributed by atoms with E-state index < -0.39 is 11.7 Å². The molecule has 7 heteroatoms. The highest BCUT2D eigenvalue weighted by molar-refractivity contribution is 7.99. The van der Waals surface area contributed by atoms with E-state index >= 15 is 0 Å². The molecule has 1 saturated carbocycles. The number of hydrogen-bond acceptors (Lipinski definition) is 3. The normalized spacial score (nSPS) is 22.3. The lowest BCUT2D eigenvalue weighted by atomic mass is 10.1. The summed E-state index contributed by atoms with van der Waals surface area (Å²) in [7, 11) is 0. The van der Waals surface area contributed by atoms with Gasteiger partial charge in [-0.15, -0.1) is 0 Å². The Morgan fingerprint density at radius 1 is 1.38 bits per heavy atom. The highest BCUT2D eigenvalue weighted by Crippen LogP contribution is 2.34. The number of anilines is 1. The first-order valence-corrected chi connectivity index (χ1v) is 8.31. The van der Waals surface area contributed by atoms with E-state index in [4.69, 9.17) is 18.0 Å². The van der Waals surface area contributed by atoms with Crippen LogP contribution in [0.2, 0.25) is 0 Å². The van der Waals surface area contributed by atoms with Gasteiger partial charge < -0.3 is 11.1 Å². The fourth-order valence-corrected chi connectivity index (χ4v) is 3.52. The molecule has 0 saturated heterocycles. The summed E-state index contributed by atoms with van der Waals surface area (Å²) >= 11 is 6.71. The molecule has 0 aromatic heterocycles. The van der Waals surface area contributed by atoms with Crippen LogP contribution >= 0.6 is 24.0 Å². The van der Waals surface area contributed by atoms with Crippen molar-refractivity contribution in [3.63, 3.8) is 0 Å². The third-order valence-electron chi connectivity index (χ3n) is 3.69. The van der Waals surface area contributed by atoms with Crippen molar-refractivity contribution in [1.29, 1.82) is 0 Å². The molecule has 1 aliphatic carbocycles. The maximum Gasteiger partial charge on any atom is 0.416 e. The number of thiocarbonyl (C=S) groups is 1. The number of nitrogens with one attached hydrogen (secondary N) is 1.